The monoisotopic (exact) mass is 335 g/mol. The number of nitrogens with one attached hydrogen (secondary N) is 1. The number of aromatic amines is 1. The van der Waals surface area contributed by atoms with E-state index in [0.717, 1.165) is 47.9 Å². The summed E-state index contributed by atoms with van der Waals surface area (Å²) in [5, 5.41) is 0. The largest absolute Gasteiger partial charge is 0.341 e. The highest BCUT2D eigenvalue weighted by atomic mass is 15.2. The van der Waals surface area contributed by atoms with Crippen molar-refractivity contribution in [3.63, 3.8) is 0 Å². The van der Waals surface area contributed by atoms with Gasteiger partial charge in [-0.25, -0.2) is 15.0 Å². The van der Waals surface area contributed by atoms with Gasteiger partial charge in [0, 0.05) is 18.7 Å². The second-order valence-electron chi connectivity index (χ2n) is 7.33. The van der Waals surface area contributed by atoms with Gasteiger partial charge < -0.3 is 4.98 Å². The maximum atomic E-state index is 4.84. The summed E-state index contributed by atoms with van der Waals surface area (Å²) in [6.07, 6.45) is 4.22. The fourth-order valence-electron chi connectivity index (χ4n) is 3.61. The van der Waals surface area contributed by atoms with Crippen LogP contribution in [0.4, 0.5) is 0 Å². The average Bonchev–Trinajstić information content (AvgIpc) is 3.20. The number of hydrogen-bond acceptors (Lipinski definition) is 4. The molecule has 0 unspecified atom stereocenters. The first-order valence-corrected chi connectivity index (χ1v) is 9.12. The minimum Gasteiger partial charge on any atom is -0.341 e. The number of imidazole rings is 1. The van der Waals surface area contributed by atoms with E-state index in [1.54, 1.807) is 0 Å². The summed E-state index contributed by atoms with van der Waals surface area (Å²) >= 11 is 0. The Balaban J connectivity index is 1.58. The van der Waals surface area contributed by atoms with E-state index in [4.69, 9.17) is 9.97 Å². The summed E-state index contributed by atoms with van der Waals surface area (Å²) in [4.78, 5) is 20.0. The summed E-state index contributed by atoms with van der Waals surface area (Å²) in [6, 6.07) is 8.76. The lowest BCUT2D eigenvalue weighted by atomic mass is 10.2. The van der Waals surface area contributed by atoms with Gasteiger partial charge in [-0.3, -0.25) is 4.90 Å². The van der Waals surface area contributed by atoms with Crippen molar-refractivity contribution in [2.24, 2.45) is 0 Å². The fraction of sp³-hybridized carbons (Fsp3) is 0.450. The fourth-order valence-corrected chi connectivity index (χ4v) is 3.61. The molecule has 1 aliphatic heterocycles. The number of benzene rings is 1. The Labute approximate surface area is 148 Å². The van der Waals surface area contributed by atoms with Crippen LogP contribution in [0.3, 0.4) is 0 Å². The van der Waals surface area contributed by atoms with Gasteiger partial charge >= 0.3 is 0 Å². The summed E-state index contributed by atoms with van der Waals surface area (Å²) < 4.78 is 0. The van der Waals surface area contributed by atoms with Gasteiger partial charge in [-0.2, -0.15) is 0 Å². The number of aromatic nitrogens is 4. The van der Waals surface area contributed by atoms with Crippen molar-refractivity contribution in [1.29, 1.82) is 0 Å². The molecule has 0 saturated carbocycles. The third-order valence-corrected chi connectivity index (χ3v) is 4.95. The number of nitrogens with zero attached hydrogens (tertiary/aromatic N) is 4. The number of likely N-dealkylation sites (tertiary alicyclic amines) is 1. The van der Waals surface area contributed by atoms with Gasteiger partial charge in [0.2, 0.25) is 0 Å². The molecule has 0 aliphatic carbocycles. The van der Waals surface area contributed by atoms with Crippen molar-refractivity contribution in [2.75, 3.05) is 6.54 Å². The van der Waals surface area contributed by atoms with Crippen molar-refractivity contribution in [3.05, 3.63) is 53.4 Å². The lowest BCUT2D eigenvalue weighted by Gasteiger charge is -2.22. The van der Waals surface area contributed by atoms with E-state index in [-0.39, 0.29) is 0 Å². The third-order valence-electron chi connectivity index (χ3n) is 4.95. The molecule has 25 heavy (non-hydrogen) atoms. The van der Waals surface area contributed by atoms with Crippen molar-refractivity contribution in [2.45, 2.75) is 52.1 Å². The molecule has 1 aromatic carbocycles. The van der Waals surface area contributed by atoms with Crippen molar-refractivity contribution < 1.29 is 0 Å². The van der Waals surface area contributed by atoms with Crippen molar-refractivity contribution in [3.8, 4) is 0 Å². The standard InChI is InChI=1S/C20H25N5/c1-13(2)19-21-9-8-15(22-19)12-25-10-4-5-18(25)20-23-16-7-6-14(3)11-17(16)24-20/h6-9,11,13,18H,4-5,10,12H2,1-3H3,(H,23,24)/t18-/m0/s1. The molecule has 5 nitrogen and oxygen atoms in total. The Morgan fingerprint density at radius 2 is 2.12 bits per heavy atom. The van der Waals surface area contributed by atoms with Crippen molar-refractivity contribution >= 4 is 11.0 Å². The Hall–Kier alpha value is -2.27. The first-order valence-electron chi connectivity index (χ1n) is 9.12. The minimum atomic E-state index is 0.338. The molecule has 1 N–H and O–H groups in total. The summed E-state index contributed by atoms with van der Waals surface area (Å²) in [6.45, 7) is 8.32. The van der Waals surface area contributed by atoms with Crippen LogP contribution >= 0.6 is 0 Å². The number of rotatable bonds is 4. The van der Waals surface area contributed by atoms with Gasteiger partial charge in [-0.1, -0.05) is 19.9 Å². The van der Waals surface area contributed by atoms with Crippen LogP contribution < -0.4 is 0 Å². The van der Waals surface area contributed by atoms with Gasteiger partial charge in [0.05, 0.1) is 22.8 Å². The molecule has 5 heteroatoms. The van der Waals surface area contributed by atoms with Crippen LogP contribution in [-0.2, 0) is 6.54 Å². The average molecular weight is 335 g/mol. The predicted molar refractivity (Wildman–Crippen MR) is 99.3 cm³/mol. The van der Waals surface area contributed by atoms with Crippen LogP contribution in [0.25, 0.3) is 11.0 Å². The van der Waals surface area contributed by atoms with Gasteiger partial charge in [-0.15, -0.1) is 0 Å². The third kappa shape index (κ3) is 3.29. The van der Waals surface area contributed by atoms with Crippen LogP contribution in [0.15, 0.2) is 30.5 Å². The van der Waals surface area contributed by atoms with Crippen molar-refractivity contribution in [1.82, 2.24) is 24.8 Å². The molecule has 2 aromatic heterocycles. The molecule has 3 heterocycles. The van der Waals surface area contributed by atoms with E-state index in [1.165, 1.54) is 12.0 Å². The van der Waals surface area contributed by atoms with E-state index in [1.807, 2.05) is 12.3 Å². The smallest absolute Gasteiger partial charge is 0.131 e. The minimum absolute atomic E-state index is 0.338. The van der Waals surface area contributed by atoms with E-state index >= 15 is 0 Å². The highest BCUT2D eigenvalue weighted by Gasteiger charge is 2.29. The van der Waals surface area contributed by atoms with E-state index in [9.17, 15) is 0 Å². The number of aryl methyl sites for hydroxylation is 1. The first-order chi connectivity index (χ1) is 12.1. The van der Waals surface area contributed by atoms with Gasteiger partial charge in [-0.05, 0) is 50.1 Å². The molecular formula is C20H25N5. The quantitative estimate of drug-likeness (QED) is 0.779. The maximum Gasteiger partial charge on any atom is 0.131 e. The van der Waals surface area contributed by atoms with Crippen LogP contribution in [0.2, 0.25) is 0 Å². The lowest BCUT2D eigenvalue weighted by Crippen LogP contribution is -2.24. The molecule has 0 bridgehead atoms. The zero-order chi connectivity index (χ0) is 17.4. The van der Waals surface area contributed by atoms with Crippen LogP contribution in [0.1, 0.15) is 61.6 Å². The molecule has 0 spiro atoms. The van der Waals surface area contributed by atoms with Crippen LogP contribution in [0, 0.1) is 6.92 Å². The first kappa shape index (κ1) is 16.2. The molecule has 0 radical (unpaired) electrons. The Bertz CT molecular complexity index is 883. The molecule has 1 saturated heterocycles. The normalized spacial score (nSPS) is 18.5. The zero-order valence-electron chi connectivity index (χ0n) is 15.2. The Kier molecular flexibility index (Phi) is 4.25. The molecule has 3 aromatic rings. The number of fused-ring (bicyclic) bond motifs is 1. The summed E-state index contributed by atoms with van der Waals surface area (Å²) in [5.74, 6) is 2.36. The molecule has 1 atom stereocenters. The second kappa shape index (κ2) is 6.56. The van der Waals surface area contributed by atoms with E-state index in [0.29, 0.717) is 12.0 Å². The molecule has 4 rings (SSSR count). The molecule has 1 aliphatic rings. The van der Waals surface area contributed by atoms with Crippen LogP contribution in [0.5, 0.6) is 0 Å². The van der Waals surface area contributed by atoms with Gasteiger partial charge in [0.1, 0.15) is 11.6 Å². The van der Waals surface area contributed by atoms with Gasteiger partial charge in [0.15, 0.2) is 0 Å². The highest BCUT2D eigenvalue weighted by Crippen LogP contribution is 2.32. The summed E-state index contributed by atoms with van der Waals surface area (Å²) in [7, 11) is 0. The number of hydrogen-bond donors (Lipinski definition) is 1. The molecular weight excluding hydrogens is 310 g/mol. The maximum absolute atomic E-state index is 4.84. The predicted octanol–water partition coefficient (Wildman–Crippen LogP) is 4.12. The van der Waals surface area contributed by atoms with E-state index < -0.39 is 0 Å². The molecule has 0 amide bonds. The lowest BCUT2D eigenvalue weighted by molar-refractivity contribution is 0.238. The van der Waals surface area contributed by atoms with Crippen LogP contribution in [-0.4, -0.2) is 31.4 Å². The molecule has 1 fully saturated rings. The molecule has 130 valence electrons. The Morgan fingerprint density at radius 1 is 1.24 bits per heavy atom. The second-order valence-corrected chi connectivity index (χ2v) is 7.33. The summed E-state index contributed by atoms with van der Waals surface area (Å²) in [5.41, 5.74) is 4.54. The zero-order valence-corrected chi connectivity index (χ0v) is 15.2. The SMILES string of the molecule is Cc1ccc2nc([C@@H]3CCCN3Cc3ccnc(C(C)C)n3)[nH]c2c1. The van der Waals surface area contributed by atoms with Gasteiger partial charge in [0.25, 0.3) is 0 Å². The topological polar surface area (TPSA) is 57.7 Å². The number of H-pyrrole nitrogens is 1. The highest BCUT2D eigenvalue weighted by molar-refractivity contribution is 5.75. The Morgan fingerprint density at radius 3 is 2.96 bits per heavy atom. The van der Waals surface area contributed by atoms with E-state index in [2.05, 4.69) is 53.8 Å².